The number of thiophene rings is 1. The molecule has 2 saturated heterocycles. The van der Waals surface area contributed by atoms with Crippen LogP contribution >= 0.6 is 11.3 Å². The van der Waals surface area contributed by atoms with Gasteiger partial charge in [-0.15, -0.1) is 11.3 Å². The number of hydrogen-bond acceptors (Lipinski definition) is 6. The lowest BCUT2D eigenvalue weighted by Gasteiger charge is -2.37. The highest BCUT2D eigenvalue weighted by Crippen LogP contribution is 2.50. The van der Waals surface area contributed by atoms with E-state index in [1.807, 2.05) is 47.5 Å². The van der Waals surface area contributed by atoms with E-state index in [2.05, 4.69) is 6.08 Å². The lowest BCUT2D eigenvalue weighted by molar-refractivity contribution is -0.140. The third kappa shape index (κ3) is 2.98. The number of allylic oxidation sites excluding steroid dienone is 1. The Labute approximate surface area is 185 Å². The number of hydrogen-bond donors (Lipinski definition) is 0. The molecule has 2 amide bonds. The molecule has 1 aromatic carbocycles. The highest BCUT2D eigenvalue weighted by atomic mass is 32.1. The molecule has 0 unspecified atom stereocenters. The average molecular weight is 437 g/mol. The van der Waals surface area contributed by atoms with Crippen molar-refractivity contribution in [3.63, 3.8) is 0 Å². The standard InChI is InChI=1S/C24H24N2O4S/c1-14-13-17-19-20(24(29)25(23(19)28)10-6-11-30-2)21(22(27)18-9-5-12-31-18)26(17)16-8-4-3-7-15(14)16/h3-5,7-9,12-13,17,19-21H,6,10-11H2,1-2H3/t17-,19+,20-,21-/m1/s1. The van der Waals surface area contributed by atoms with E-state index >= 15 is 0 Å². The van der Waals surface area contributed by atoms with Gasteiger partial charge in [0.1, 0.15) is 6.04 Å². The molecule has 0 saturated carbocycles. The first kappa shape index (κ1) is 20.2. The van der Waals surface area contributed by atoms with Gasteiger partial charge < -0.3 is 9.64 Å². The summed E-state index contributed by atoms with van der Waals surface area (Å²) in [4.78, 5) is 44.6. The van der Waals surface area contributed by atoms with Crippen molar-refractivity contribution >= 4 is 40.2 Å². The first-order chi connectivity index (χ1) is 15.0. The molecule has 4 atom stereocenters. The number of carbonyl (C=O) groups is 3. The predicted octanol–water partition coefficient (Wildman–Crippen LogP) is 3.24. The second-order valence-electron chi connectivity index (χ2n) is 8.28. The molecule has 5 rings (SSSR count). The summed E-state index contributed by atoms with van der Waals surface area (Å²) < 4.78 is 5.09. The van der Waals surface area contributed by atoms with Crippen molar-refractivity contribution in [2.24, 2.45) is 11.8 Å². The maximum Gasteiger partial charge on any atom is 0.235 e. The lowest BCUT2D eigenvalue weighted by atomic mass is 9.86. The topological polar surface area (TPSA) is 66.9 Å². The van der Waals surface area contributed by atoms with Crippen molar-refractivity contribution in [1.82, 2.24) is 4.90 Å². The summed E-state index contributed by atoms with van der Waals surface area (Å²) in [7, 11) is 1.60. The number of carbonyl (C=O) groups excluding carboxylic acids is 3. The summed E-state index contributed by atoms with van der Waals surface area (Å²) in [6, 6.07) is 10.6. The van der Waals surface area contributed by atoms with Crippen molar-refractivity contribution in [1.29, 1.82) is 0 Å². The third-order valence-corrected chi connectivity index (χ3v) is 7.49. The van der Waals surface area contributed by atoms with Gasteiger partial charge in [0, 0.05) is 31.5 Å². The van der Waals surface area contributed by atoms with E-state index in [9.17, 15) is 14.4 Å². The molecule has 0 spiro atoms. The molecule has 0 radical (unpaired) electrons. The lowest BCUT2D eigenvalue weighted by Crippen LogP contribution is -2.49. The largest absolute Gasteiger partial charge is 0.385 e. The van der Waals surface area contributed by atoms with Crippen LogP contribution in [0.4, 0.5) is 5.69 Å². The van der Waals surface area contributed by atoms with Gasteiger partial charge in [-0.05, 0) is 36.4 Å². The summed E-state index contributed by atoms with van der Waals surface area (Å²) in [5.41, 5.74) is 3.03. The molecule has 160 valence electrons. The maximum absolute atomic E-state index is 13.7. The second kappa shape index (κ2) is 7.73. The molecule has 4 heterocycles. The summed E-state index contributed by atoms with van der Waals surface area (Å²) >= 11 is 1.37. The Kier molecular flexibility index (Phi) is 5.02. The number of amides is 2. The maximum atomic E-state index is 13.7. The van der Waals surface area contributed by atoms with E-state index in [1.165, 1.54) is 16.2 Å². The molecule has 3 aliphatic heterocycles. The van der Waals surface area contributed by atoms with E-state index in [0.717, 1.165) is 16.8 Å². The van der Waals surface area contributed by atoms with Crippen molar-refractivity contribution in [2.45, 2.75) is 25.4 Å². The number of benzene rings is 1. The van der Waals surface area contributed by atoms with Gasteiger partial charge >= 0.3 is 0 Å². The number of fused-ring (bicyclic) bond motifs is 5. The van der Waals surface area contributed by atoms with Crippen LogP contribution in [0.25, 0.3) is 5.57 Å². The molecular weight excluding hydrogens is 412 g/mol. The SMILES string of the molecule is COCCCN1C(=O)[C@@H]2[C@@H](C1=O)[C@H](C(=O)c1cccs1)N1c3ccccc3C(C)=C[C@H]21. The molecule has 0 bridgehead atoms. The Balaban J connectivity index is 1.61. The summed E-state index contributed by atoms with van der Waals surface area (Å²) in [6.07, 6.45) is 2.65. The normalized spacial score (nSPS) is 26.6. The van der Waals surface area contributed by atoms with E-state index < -0.39 is 17.9 Å². The van der Waals surface area contributed by atoms with Gasteiger partial charge in [-0.25, -0.2) is 0 Å². The second-order valence-corrected chi connectivity index (χ2v) is 9.22. The Bertz CT molecular complexity index is 1080. The number of ketones is 1. The van der Waals surface area contributed by atoms with Crippen LogP contribution in [0.5, 0.6) is 0 Å². The van der Waals surface area contributed by atoms with Crippen molar-refractivity contribution in [3.8, 4) is 0 Å². The van der Waals surface area contributed by atoms with Gasteiger partial charge in [-0.2, -0.15) is 0 Å². The van der Waals surface area contributed by atoms with Gasteiger partial charge in [0.05, 0.1) is 22.8 Å². The van der Waals surface area contributed by atoms with Crippen LogP contribution in [-0.4, -0.2) is 54.8 Å². The van der Waals surface area contributed by atoms with Gasteiger partial charge in [0.15, 0.2) is 5.78 Å². The number of para-hydroxylation sites is 1. The minimum absolute atomic E-state index is 0.0878. The van der Waals surface area contributed by atoms with E-state index in [0.29, 0.717) is 24.4 Å². The van der Waals surface area contributed by atoms with E-state index in [4.69, 9.17) is 4.74 Å². The van der Waals surface area contributed by atoms with Gasteiger partial charge in [-0.3, -0.25) is 19.3 Å². The van der Waals surface area contributed by atoms with Crippen molar-refractivity contribution in [2.75, 3.05) is 25.2 Å². The molecule has 0 N–H and O–H groups in total. The zero-order valence-corrected chi connectivity index (χ0v) is 18.3. The average Bonchev–Trinajstić information content (AvgIpc) is 3.47. The van der Waals surface area contributed by atoms with Gasteiger partial charge in [0.2, 0.25) is 11.8 Å². The predicted molar refractivity (Wildman–Crippen MR) is 119 cm³/mol. The van der Waals surface area contributed by atoms with Gasteiger partial charge in [-0.1, -0.05) is 30.3 Å². The highest BCUT2D eigenvalue weighted by Gasteiger charge is 2.64. The van der Waals surface area contributed by atoms with Crippen LogP contribution in [0.15, 0.2) is 47.9 Å². The summed E-state index contributed by atoms with van der Waals surface area (Å²) in [5.74, 6) is -1.72. The van der Waals surface area contributed by atoms with Crippen molar-refractivity contribution < 1.29 is 19.1 Å². The first-order valence-electron chi connectivity index (χ1n) is 10.5. The molecule has 1 aromatic heterocycles. The first-order valence-corrected chi connectivity index (χ1v) is 11.4. The zero-order valence-electron chi connectivity index (χ0n) is 17.5. The zero-order chi connectivity index (χ0) is 21.7. The monoisotopic (exact) mass is 436 g/mol. The highest BCUT2D eigenvalue weighted by molar-refractivity contribution is 7.12. The van der Waals surface area contributed by atoms with Crippen LogP contribution in [0.3, 0.4) is 0 Å². The minimum atomic E-state index is -0.692. The molecule has 0 aliphatic carbocycles. The van der Waals surface area contributed by atoms with Crippen LogP contribution in [0, 0.1) is 11.8 Å². The number of ether oxygens (including phenoxy) is 1. The quantitative estimate of drug-likeness (QED) is 0.395. The Hall–Kier alpha value is -2.77. The number of imide groups is 1. The van der Waals surface area contributed by atoms with Crippen LogP contribution < -0.4 is 4.90 Å². The fourth-order valence-corrected chi connectivity index (χ4v) is 6.01. The minimum Gasteiger partial charge on any atom is -0.385 e. The molecule has 31 heavy (non-hydrogen) atoms. The molecule has 6 nitrogen and oxygen atoms in total. The van der Waals surface area contributed by atoms with E-state index in [1.54, 1.807) is 13.2 Å². The molecule has 3 aliphatic rings. The Morgan fingerprint density at radius 3 is 2.61 bits per heavy atom. The van der Waals surface area contributed by atoms with Crippen LogP contribution in [0.1, 0.15) is 28.6 Å². The molecule has 2 aromatic rings. The fraction of sp³-hybridized carbons (Fsp3) is 0.375. The summed E-state index contributed by atoms with van der Waals surface area (Å²) in [6.45, 7) is 2.83. The Morgan fingerprint density at radius 1 is 1.10 bits per heavy atom. The third-order valence-electron chi connectivity index (χ3n) is 6.61. The Morgan fingerprint density at radius 2 is 1.87 bits per heavy atom. The molecule has 7 heteroatoms. The van der Waals surface area contributed by atoms with Crippen LogP contribution in [-0.2, 0) is 14.3 Å². The molecule has 2 fully saturated rings. The van der Waals surface area contributed by atoms with Crippen molar-refractivity contribution in [3.05, 3.63) is 58.3 Å². The van der Waals surface area contributed by atoms with Gasteiger partial charge in [0.25, 0.3) is 0 Å². The number of rotatable bonds is 6. The number of Topliss-reactive ketones (excluding diaryl/α,β-unsaturated/α-hetero) is 1. The number of anilines is 1. The smallest absolute Gasteiger partial charge is 0.235 e. The number of nitrogens with zero attached hydrogens (tertiary/aromatic N) is 2. The fourth-order valence-electron chi connectivity index (χ4n) is 5.31. The molecular formula is C24H24N2O4S. The number of methoxy groups -OCH3 is 1. The number of likely N-dealkylation sites (tertiary alicyclic amines) is 1. The summed E-state index contributed by atoms with van der Waals surface area (Å²) in [5, 5.41) is 1.87. The van der Waals surface area contributed by atoms with Crippen LogP contribution in [0.2, 0.25) is 0 Å². The van der Waals surface area contributed by atoms with E-state index in [-0.39, 0.29) is 23.6 Å².